The van der Waals surface area contributed by atoms with E-state index >= 15 is 0 Å². The zero-order valence-corrected chi connectivity index (χ0v) is 14.5. The zero-order valence-electron chi connectivity index (χ0n) is 14.5. The monoisotopic (exact) mass is 284 g/mol. The molecule has 0 aromatic rings. The third-order valence-corrected chi connectivity index (χ3v) is 4.43. The van der Waals surface area contributed by atoms with Gasteiger partial charge in [-0.15, -0.1) is 0 Å². The Kier molecular flexibility index (Phi) is 15.3. The molecule has 1 nitrogen and oxygen atoms in total. The van der Waals surface area contributed by atoms with E-state index in [4.69, 9.17) is 0 Å². The van der Waals surface area contributed by atoms with Crippen LogP contribution >= 0.6 is 0 Å². The van der Waals surface area contributed by atoms with Gasteiger partial charge in [0.15, 0.2) is 0 Å². The number of hydrogen-bond donors (Lipinski definition) is 1. The topological polar surface area (TPSA) is 20.2 Å². The molecule has 0 rings (SSSR count). The number of rotatable bonds is 15. The fraction of sp³-hybridized carbons (Fsp3) is 1.00. The Balaban J connectivity index is 3.24. The fourth-order valence-corrected chi connectivity index (χ4v) is 2.87. The Morgan fingerprint density at radius 2 is 1.05 bits per heavy atom. The van der Waals surface area contributed by atoms with E-state index in [0.717, 1.165) is 18.8 Å². The molecular formula is C19H40O. The first-order valence-electron chi connectivity index (χ1n) is 9.38. The van der Waals surface area contributed by atoms with Crippen LogP contribution in [-0.4, -0.2) is 11.2 Å². The summed E-state index contributed by atoms with van der Waals surface area (Å²) in [5, 5.41) is 9.93. The van der Waals surface area contributed by atoms with Crippen LogP contribution in [0.3, 0.4) is 0 Å². The van der Waals surface area contributed by atoms with Gasteiger partial charge in [0.1, 0.15) is 0 Å². The highest BCUT2D eigenvalue weighted by molar-refractivity contribution is 4.59. The number of unbranched alkanes of at least 4 members (excludes halogenated alkanes) is 7. The summed E-state index contributed by atoms with van der Waals surface area (Å²) in [6.07, 6.45) is 17.9. The van der Waals surface area contributed by atoms with Crippen molar-refractivity contribution in [1.29, 1.82) is 0 Å². The molecule has 0 fully saturated rings. The van der Waals surface area contributed by atoms with Gasteiger partial charge in [-0.05, 0) is 18.8 Å². The second-order valence-electron chi connectivity index (χ2n) is 6.74. The van der Waals surface area contributed by atoms with Crippen LogP contribution < -0.4 is 0 Å². The minimum absolute atomic E-state index is 0.0332. The van der Waals surface area contributed by atoms with E-state index in [2.05, 4.69) is 20.8 Å². The largest absolute Gasteiger partial charge is 0.393 e. The molecule has 1 heteroatoms. The molecule has 0 spiro atoms. The Morgan fingerprint density at radius 1 is 0.600 bits per heavy atom. The maximum atomic E-state index is 9.93. The van der Waals surface area contributed by atoms with Crippen molar-refractivity contribution in [2.75, 3.05) is 0 Å². The second kappa shape index (κ2) is 15.4. The highest BCUT2D eigenvalue weighted by Gasteiger charge is 2.05. The number of aliphatic hydroxyl groups excluding tert-OH is 1. The molecule has 0 saturated carbocycles. The van der Waals surface area contributed by atoms with Gasteiger partial charge in [0, 0.05) is 0 Å². The number of aliphatic hydroxyl groups is 1. The molecule has 0 saturated heterocycles. The molecule has 0 aromatic heterocycles. The molecule has 0 bridgehead atoms. The van der Waals surface area contributed by atoms with Crippen LogP contribution in [0, 0.1) is 5.92 Å². The van der Waals surface area contributed by atoms with Gasteiger partial charge in [0.25, 0.3) is 0 Å². The molecule has 0 heterocycles. The molecule has 2 atom stereocenters. The van der Waals surface area contributed by atoms with E-state index in [-0.39, 0.29) is 6.10 Å². The lowest BCUT2D eigenvalue weighted by atomic mass is 9.96. The Morgan fingerprint density at radius 3 is 1.65 bits per heavy atom. The Bertz CT molecular complexity index is 179. The lowest BCUT2D eigenvalue weighted by Crippen LogP contribution is -2.06. The number of hydrogen-bond acceptors (Lipinski definition) is 1. The van der Waals surface area contributed by atoms with E-state index in [1.807, 2.05) is 0 Å². The van der Waals surface area contributed by atoms with E-state index in [1.165, 1.54) is 77.0 Å². The predicted octanol–water partition coefficient (Wildman–Crippen LogP) is 6.48. The Hall–Kier alpha value is -0.0400. The quantitative estimate of drug-likeness (QED) is 0.341. The molecule has 122 valence electrons. The standard InChI is InChI=1S/C19H40O/c1-4-6-8-9-12-16-19(20)17-13-10-11-15-18(3)14-7-5-2/h18-20H,4-17H2,1-3H3. The fourth-order valence-electron chi connectivity index (χ4n) is 2.87. The predicted molar refractivity (Wildman–Crippen MR) is 91.2 cm³/mol. The molecule has 0 aliphatic heterocycles. The van der Waals surface area contributed by atoms with Crippen molar-refractivity contribution < 1.29 is 5.11 Å². The third kappa shape index (κ3) is 14.4. The van der Waals surface area contributed by atoms with E-state index in [0.29, 0.717) is 0 Å². The minimum atomic E-state index is -0.0332. The SMILES string of the molecule is CCCCCCCC(O)CCCCCC(C)CCCC. The summed E-state index contributed by atoms with van der Waals surface area (Å²) in [6, 6.07) is 0. The third-order valence-electron chi connectivity index (χ3n) is 4.43. The van der Waals surface area contributed by atoms with Gasteiger partial charge in [0.05, 0.1) is 6.10 Å². The van der Waals surface area contributed by atoms with Crippen LogP contribution in [0.2, 0.25) is 0 Å². The average molecular weight is 285 g/mol. The molecule has 1 N–H and O–H groups in total. The van der Waals surface area contributed by atoms with Crippen molar-refractivity contribution in [2.24, 2.45) is 5.92 Å². The first-order valence-corrected chi connectivity index (χ1v) is 9.38. The normalized spacial score (nSPS) is 14.4. The first-order chi connectivity index (χ1) is 9.70. The molecule has 2 unspecified atom stereocenters. The van der Waals surface area contributed by atoms with Crippen molar-refractivity contribution in [3.05, 3.63) is 0 Å². The van der Waals surface area contributed by atoms with Crippen molar-refractivity contribution in [2.45, 2.75) is 117 Å². The van der Waals surface area contributed by atoms with Gasteiger partial charge in [-0.3, -0.25) is 0 Å². The average Bonchev–Trinajstić information content (AvgIpc) is 2.44. The van der Waals surface area contributed by atoms with Crippen molar-refractivity contribution in [3.8, 4) is 0 Å². The van der Waals surface area contributed by atoms with E-state index in [1.54, 1.807) is 0 Å². The first kappa shape index (κ1) is 20.0. The minimum Gasteiger partial charge on any atom is -0.393 e. The maximum absolute atomic E-state index is 9.93. The van der Waals surface area contributed by atoms with Gasteiger partial charge in [-0.25, -0.2) is 0 Å². The lowest BCUT2D eigenvalue weighted by molar-refractivity contribution is 0.147. The summed E-state index contributed by atoms with van der Waals surface area (Å²) in [7, 11) is 0. The summed E-state index contributed by atoms with van der Waals surface area (Å²) >= 11 is 0. The summed E-state index contributed by atoms with van der Waals surface area (Å²) in [5.41, 5.74) is 0. The maximum Gasteiger partial charge on any atom is 0.0540 e. The molecule has 0 aromatic carbocycles. The van der Waals surface area contributed by atoms with Gasteiger partial charge < -0.3 is 5.11 Å². The molecule has 0 aliphatic rings. The van der Waals surface area contributed by atoms with Crippen molar-refractivity contribution >= 4 is 0 Å². The van der Waals surface area contributed by atoms with E-state index in [9.17, 15) is 5.11 Å². The van der Waals surface area contributed by atoms with E-state index < -0.39 is 0 Å². The van der Waals surface area contributed by atoms with Crippen molar-refractivity contribution in [1.82, 2.24) is 0 Å². The van der Waals surface area contributed by atoms with Crippen molar-refractivity contribution in [3.63, 3.8) is 0 Å². The lowest BCUT2D eigenvalue weighted by Gasteiger charge is -2.12. The highest BCUT2D eigenvalue weighted by Crippen LogP contribution is 2.17. The van der Waals surface area contributed by atoms with Crippen LogP contribution in [0.1, 0.15) is 111 Å². The molecule has 0 amide bonds. The zero-order chi connectivity index (χ0) is 15.1. The van der Waals surface area contributed by atoms with Gasteiger partial charge in [-0.2, -0.15) is 0 Å². The van der Waals surface area contributed by atoms with Gasteiger partial charge in [0.2, 0.25) is 0 Å². The smallest absolute Gasteiger partial charge is 0.0540 e. The summed E-state index contributed by atoms with van der Waals surface area (Å²) in [6.45, 7) is 6.91. The van der Waals surface area contributed by atoms with Crippen LogP contribution in [0.15, 0.2) is 0 Å². The van der Waals surface area contributed by atoms with Gasteiger partial charge >= 0.3 is 0 Å². The summed E-state index contributed by atoms with van der Waals surface area (Å²) < 4.78 is 0. The highest BCUT2D eigenvalue weighted by atomic mass is 16.3. The van der Waals surface area contributed by atoms with Crippen LogP contribution in [0.5, 0.6) is 0 Å². The Labute approximate surface area is 128 Å². The summed E-state index contributed by atoms with van der Waals surface area (Å²) in [5.74, 6) is 0.901. The second-order valence-corrected chi connectivity index (χ2v) is 6.74. The van der Waals surface area contributed by atoms with Crippen LogP contribution in [0.25, 0.3) is 0 Å². The summed E-state index contributed by atoms with van der Waals surface area (Å²) in [4.78, 5) is 0. The van der Waals surface area contributed by atoms with Crippen LogP contribution in [-0.2, 0) is 0 Å². The molecule has 20 heavy (non-hydrogen) atoms. The molecule has 0 radical (unpaired) electrons. The molecule has 0 aliphatic carbocycles. The van der Waals surface area contributed by atoms with Gasteiger partial charge in [-0.1, -0.05) is 97.8 Å². The van der Waals surface area contributed by atoms with Crippen LogP contribution in [0.4, 0.5) is 0 Å². The molecular weight excluding hydrogens is 244 g/mol.